The lowest BCUT2D eigenvalue weighted by molar-refractivity contribution is -0.137. The van der Waals surface area contributed by atoms with Crippen molar-refractivity contribution < 1.29 is 18.7 Å². The largest absolute Gasteiger partial charge is 0.490 e. The van der Waals surface area contributed by atoms with Crippen LogP contribution in [0.25, 0.3) is 0 Å². The van der Waals surface area contributed by atoms with Crippen molar-refractivity contribution >= 4 is 16.2 Å². The zero-order chi connectivity index (χ0) is 11.9. The molecule has 0 aromatic carbocycles. The van der Waals surface area contributed by atoms with Crippen LogP contribution in [-0.4, -0.2) is 29.4 Å². The molecule has 0 aliphatic carbocycles. The van der Waals surface area contributed by atoms with Crippen molar-refractivity contribution in [3.05, 3.63) is 17.6 Å². The van der Waals surface area contributed by atoms with Crippen molar-refractivity contribution in [1.82, 2.24) is 0 Å². The van der Waals surface area contributed by atoms with Gasteiger partial charge in [0, 0.05) is 22.7 Å². The predicted octanol–water partition coefficient (Wildman–Crippen LogP) is 0.573. The molecule has 0 radical (unpaired) electrons. The second-order valence-electron chi connectivity index (χ2n) is 4.89. The highest BCUT2D eigenvalue weighted by Gasteiger charge is 2.50. The Kier molecular flexibility index (Phi) is 2.50. The molecule has 1 saturated heterocycles. The standard InChI is InChI=1S/C12H16O4Si/c13-11-6-12(7-15-11)5-9-8(4-10(12)16-9)14-2-1-3-17/h4H,1-3,5-7H2,17H3. The Labute approximate surface area is 103 Å². The minimum atomic E-state index is -0.211. The number of cyclic esters (lactones) is 1. The average molecular weight is 252 g/mol. The Morgan fingerprint density at radius 1 is 1.47 bits per heavy atom. The van der Waals surface area contributed by atoms with Gasteiger partial charge < -0.3 is 13.9 Å². The molecule has 1 spiro atoms. The van der Waals surface area contributed by atoms with Crippen molar-refractivity contribution in [3.63, 3.8) is 0 Å². The Morgan fingerprint density at radius 3 is 2.94 bits per heavy atom. The van der Waals surface area contributed by atoms with E-state index in [1.807, 2.05) is 6.07 Å². The fourth-order valence-corrected chi connectivity index (χ4v) is 2.80. The molecule has 0 amide bonds. The summed E-state index contributed by atoms with van der Waals surface area (Å²) in [5.41, 5.74) is -0.211. The van der Waals surface area contributed by atoms with Gasteiger partial charge in [0.15, 0.2) is 5.75 Å². The minimum absolute atomic E-state index is 0.124. The average Bonchev–Trinajstić information content (AvgIpc) is 2.95. The number of furan rings is 1. The van der Waals surface area contributed by atoms with Crippen LogP contribution in [0.5, 0.6) is 5.75 Å². The molecule has 17 heavy (non-hydrogen) atoms. The lowest BCUT2D eigenvalue weighted by Gasteiger charge is -2.19. The molecule has 1 unspecified atom stereocenters. The zero-order valence-electron chi connectivity index (χ0n) is 9.95. The molecule has 1 fully saturated rings. The topological polar surface area (TPSA) is 48.7 Å². The Hall–Kier alpha value is -1.23. The Morgan fingerprint density at radius 2 is 2.35 bits per heavy atom. The van der Waals surface area contributed by atoms with Gasteiger partial charge >= 0.3 is 5.97 Å². The first kappa shape index (κ1) is 10.9. The summed E-state index contributed by atoms with van der Waals surface area (Å²) in [5.74, 6) is 2.48. The van der Waals surface area contributed by atoms with Crippen LogP contribution < -0.4 is 4.74 Å². The molecule has 0 saturated carbocycles. The van der Waals surface area contributed by atoms with Crippen molar-refractivity contribution in [1.29, 1.82) is 0 Å². The van der Waals surface area contributed by atoms with E-state index in [1.165, 1.54) is 16.3 Å². The maximum atomic E-state index is 11.2. The first-order valence-corrected chi connectivity index (χ1v) is 7.56. The van der Waals surface area contributed by atoms with E-state index in [2.05, 4.69) is 0 Å². The third-order valence-electron chi connectivity index (χ3n) is 3.54. The van der Waals surface area contributed by atoms with Crippen LogP contribution in [0.4, 0.5) is 0 Å². The van der Waals surface area contributed by atoms with Crippen LogP contribution >= 0.6 is 0 Å². The van der Waals surface area contributed by atoms with E-state index in [4.69, 9.17) is 13.9 Å². The molecule has 0 N–H and O–H groups in total. The second-order valence-corrected chi connectivity index (χ2v) is 5.89. The van der Waals surface area contributed by atoms with Crippen LogP contribution in [-0.2, 0) is 21.4 Å². The van der Waals surface area contributed by atoms with E-state index in [0.29, 0.717) is 13.0 Å². The molecule has 2 bridgehead atoms. The SMILES string of the molecule is O=C1CC2(CO1)Cc1oc2cc1OCCC[SiH3]. The van der Waals surface area contributed by atoms with Gasteiger partial charge in [-0.05, 0) is 6.42 Å². The highest BCUT2D eigenvalue weighted by molar-refractivity contribution is 6.08. The summed E-state index contributed by atoms with van der Waals surface area (Å²) in [6, 6.07) is 3.19. The van der Waals surface area contributed by atoms with E-state index in [9.17, 15) is 4.79 Å². The molecule has 1 aromatic heterocycles. The maximum Gasteiger partial charge on any atom is 0.306 e. The van der Waals surface area contributed by atoms with Crippen molar-refractivity contribution in [2.24, 2.45) is 0 Å². The van der Waals surface area contributed by atoms with E-state index in [-0.39, 0.29) is 11.4 Å². The third-order valence-corrected chi connectivity index (χ3v) is 4.25. The quantitative estimate of drug-likeness (QED) is 0.447. The number of rotatable bonds is 4. The molecule has 4 nitrogen and oxygen atoms in total. The molecular weight excluding hydrogens is 236 g/mol. The van der Waals surface area contributed by atoms with Crippen LogP contribution in [0.2, 0.25) is 6.04 Å². The van der Waals surface area contributed by atoms with Gasteiger partial charge in [-0.25, -0.2) is 0 Å². The molecule has 1 aromatic rings. The van der Waals surface area contributed by atoms with Crippen molar-refractivity contribution in [3.8, 4) is 5.75 Å². The molecule has 1 atom stereocenters. The van der Waals surface area contributed by atoms with Gasteiger partial charge in [0.05, 0.1) is 18.4 Å². The van der Waals surface area contributed by atoms with E-state index >= 15 is 0 Å². The normalized spacial score (nSPS) is 25.8. The van der Waals surface area contributed by atoms with Crippen LogP contribution in [0.3, 0.4) is 0 Å². The fraction of sp³-hybridized carbons (Fsp3) is 0.583. The van der Waals surface area contributed by atoms with Gasteiger partial charge in [-0.1, -0.05) is 6.04 Å². The highest BCUT2D eigenvalue weighted by Crippen LogP contribution is 2.48. The fourth-order valence-electron chi connectivity index (χ4n) is 2.51. The molecule has 5 heteroatoms. The summed E-state index contributed by atoms with van der Waals surface area (Å²) in [7, 11) is 1.22. The lowest BCUT2D eigenvalue weighted by atomic mass is 9.79. The van der Waals surface area contributed by atoms with Crippen LogP contribution in [0.1, 0.15) is 24.4 Å². The van der Waals surface area contributed by atoms with E-state index in [1.54, 1.807) is 0 Å². The van der Waals surface area contributed by atoms with Crippen LogP contribution in [0.15, 0.2) is 10.5 Å². The third kappa shape index (κ3) is 1.69. The molecule has 2 aliphatic rings. The minimum Gasteiger partial charge on any atom is -0.490 e. The second kappa shape index (κ2) is 3.91. The van der Waals surface area contributed by atoms with E-state index < -0.39 is 0 Å². The first-order valence-electron chi connectivity index (χ1n) is 6.15. The number of hydrogen-bond donors (Lipinski definition) is 0. The molecule has 92 valence electrons. The number of carbonyl (C=O) groups excluding carboxylic acids is 1. The van der Waals surface area contributed by atoms with Gasteiger partial charge in [0.25, 0.3) is 0 Å². The maximum absolute atomic E-state index is 11.2. The van der Waals surface area contributed by atoms with Crippen molar-refractivity contribution in [2.75, 3.05) is 13.2 Å². The monoisotopic (exact) mass is 252 g/mol. The zero-order valence-corrected chi connectivity index (χ0v) is 12.0. The summed E-state index contributed by atoms with van der Waals surface area (Å²) < 4.78 is 16.4. The summed E-state index contributed by atoms with van der Waals surface area (Å²) in [6.07, 6.45) is 2.30. The van der Waals surface area contributed by atoms with Gasteiger partial charge in [-0.3, -0.25) is 4.79 Å². The molecule has 3 heterocycles. The summed E-state index contributed by atoms with van der Waals surface area (Å²) >= 11 is 0. The number of ether oxygens (including phenoxy) is 2. The smallest absolute Gasteiger partial charge is 0.306 e. The van der Waals surface area contributed by atoms with Crippen molar-refractivity contribution in [2.45, 2.75) is 30.7 Å². The summed E-state index contributed by atoms with van der Waals surface area (Å²) in [5, 5.41) is 0. The van der Waals surface area contributed by atoms with E-state index in [0.717, 1.165) is 36.7 Å². The Bertz CT molecular complexity index is 453. The Balaban J connectivity index is 1.73. The van der Waals surface area contributed by atoms with Gasteiger partial charge in [-0.2, -0.15) is 0 Å². The number of esters is 1. The number of carbonyl (C=O) groups is 1. The first-order chi connectivity index (χ1) is 8.23. The highest BCUT2D eigenvalue weighted by atomic mass is 28.1. The van der Waals surface area contributed by atoms with Crippen LogP contribution in [0, 0.1) is 0 Å². The van der Waals surface area contributed by atoms with Gasteiger partial charge in [0.2, 0.25) is 0 Å². The summed E-state index contributed by atoms with van der Waals surface area (Å²) in [6.45, 7) is 1.22. The number of hydrogen-bond acceptors (Lipinski definition) is 4. The lowest BCUT2D eigenvalue weighted by Crippen LogP contribution is -2.27. The summed E-state index contributed by atoms with van der Waals surface area (Å²) in [4.78, 5) is 11.2. The van der Waals surface area contributed by atoms with Gasteiger partial charge in [0.1, 0.15) is 18.1 Å². The molecule has 3 rings (SSSR count). The number of fused-ring (bicyclic) bond motifs is 3. The molecule has 2 aliphatic heterocycles. The van der Waals surface area contributed by atoms with Gasteiger partial charge in [-0.15, -0.1) is 0 Å². The molecular formula is C12H16O4Si. The predicted molar refractivity (Wildman–Crippen MR) is 64.5 cm³/mol.